The number of ether oxygens (including phenoxy) is 1. The van der Waals surface area contributed by atoms with E-state index in [-0.39, 0.29) is 17.3 Å². The molecular formula is C18H17F3N4O2. The molecule has 0 saturated carbocycles. The van der Waals surface area contributed by atoms with Crippen LogP contribution in [0.3, 0.4) is 0 Å². The molecule has 1 aromatic carbocycles. The molecule has 2 aromatic heterocycles. The van der Waals surface area contributed by atoms with Gasteiger partial charge in [-0.25, -0.2) is 0 Å². The van der Waals surface area contributed by atoms with Crippen molar-refractivity contribution in [3.8, 4) is 11.4 Å². The van der Waals surface area contributed by atoms with Crippen molar-refractivity contribution in [3.05, 3.63) is 53.7 Å². The zero-order chi connectivity index (χ0) is 19.4. The number of rotatable bonds is 6. The van der Waals surface area contributed by atoms with Crippen molar-refractivity contribution in [2.45, 2.75) is 12.6 Å². The lowest BCUT2D eigenvalue weighted by molar-refractivity contribution is -0.137. The van der Waals surface area contributed by atoms with Crippen LogP contribution in [-0.4, -0.2) is 40.8 Å². The summed E-state index contributed by atoms with van der Waals surface area (Å²) in [6, 6.07) is 8.01. The number of carbonyl (C=O) groups excluding carboxylic acids is 1. The highest BCUT2D eigenvalue weighted by Gasteiger charge is 2.30. The molecule has 0 aliphatic rings. The summed E-state index contributed by atoms with van der Waals surface area (Å²) in [5.74, 6) is -0.0678. The molecule has 9 heteroatoms. The second-order valence-corrected chi connectivity index (χ2v) is 5.85. The fraction of sp³-hybridized carbons (Fsp3) is 0.278. The fourth-order valence-electron chi connectivity index (χ4n) is 2.58. The molecule has 6 nitrogen and oxygen atoms in total. The predicted molar refractivity (Wildman–Crippen MR) is 92.3 cm³/mol. The van der Waals surface area contributed by atoms with Crippen LogP contribution >= 0.6 is 0 Å². The third-order valence-corrected chi connectivity index (χ3v) is 3.92. The summed E-state index contributed by atoms with van der Waals surface area (Å²) < 4.78 is 45.3. The van der Waals surface area contributed by atoms with Crippen molar-refractivity contribution in [2.75, 3.05) is 20.3 Å². The van der Waals surface area contributed by atoms with Crippen LogP contribution in [0.25, 0.3) is 17.0 Å². The number of carbonyl (C=O) groups is 1. The van der Waals surface area contributed by atoms with Crippen LogP contribution < -0.4 is 5.32 Å². The molecule has 0 spiro atoms. The van der Waals surface area contributed by atoms with Crippen molar-refractivity contribution >= 4 is 11.6 Å². The quantitative estimate of drug-likeness (QED) is 0.669. The first kappa shape index (κ1) is 18.8. The van der Waals surface area contributed by atoms with E-state index in [1.54, 1.807) is 19.2 Å². The van der Waals surface area contributed by atoms with Crippen molar-refractivity contribution in [1.29, 1.82) is 0 Å². The smallest absolute Gasteiger partial charge is 0.385 e. The second-order valence-electron chi connectivity index (χ2n) is 5.85. The number of hydrogen-bond donors (Lipinski definition) is 1. The number of aromatic nitrogens is 3. The number of benzene rings is 1. The number of methoxy groups -OCH3 is 1. The monoisotopic (exact) mass is 378 g/mol. The molecule has 27 heavy (non-hydrogen) atoms. The lowest BCUT2D eigenvalue weighted by Crippen LogP contribution is -2.25. The molecule has 0 aliphatic heterocycles. The van der Waals surface area contributed by atoms with Gasteiger partial charge in [0, 0.05) is 32.0 Å². The summed E-state index contributed by atoms with van der Waals surface area (Å²) in [5, 5.41) is 10.7. The molecule has 3 rings (SSSR count). The maximum atomic E-state index is 13.0. The van der Waals surface area contributed by atoms with E-state index in [1.165, 1.54) is 22.7 Å². The number of hydrogen-bond acceptors (Lipinski definition) is 4. The van der Waals surface area contributed by atoms with Gasteiger partial charge in [-0.1, -0.05) is 12.1 Å². The van der Waals surface area contributed by atoms with Crippen LogP contribution in [0.4, 0.5) is 13.2 Å². The van der Waals surface area contributed by atoms with Gasteiger partial charge in [0.05, 0.1) is 11.1 Å². The van der Waals surface area contributed by atoms with Crippen LogP contribution in [0, 0.1) is 0 Å². The van der Waals surface area contributed by atoms with E-state index in [1.807, 2.05) is 0 Å². The molecule has 2 heterocycles. The van der Waals surface area contributed by atoms with Gasteiger partial charge in [0.25, 0.3) is 5.91 Å². The average molecular weight is 378 g/mol. The summed E-state index contributed by atoms with van der Waals surface area (Å²) in [7, 11) is 1.58. The Labute approximate surface area is 153 Å². The van der Waals surface area contributed by atoms with Crippen molar-refractivity contribution in [2.24, 2.45) is 0 Å². The zero-order valence-corrected chi connectivity index (χ0v) is 14.5. The summed E-state index contributed by atoms with van der Waals surface area (Å²) in [4.78, 5) is 12.3. The topological polar surface area (TPSA) is 68.5 Å². The number of fused-ring (bicyclic) bond motifs is 1. The first-order valence-corrected chi connectivity index (χ1v) is 8.19. The minimum Gasteiger partial charge on any atom is -0.385 e. The predicted octanol–water partition coefficient (Wildman–Crippen LogP) is 3.18. The summed E-state index contributed by atoms with van der Waals surface area (Å²) in [5.41, 5.74) is 0.269. The average Bonchev–Trinajstić information content (AvgIpc) is 3.07. The first-order valence-electron chi connectivity index (χ1n) is 8.19. The van der Waals surface area contributed by atoms with Gasteiger partial charge in [-0.15, -0.1) is 10.2 Å². The second kappa shape index (κ2) is 7.75. The number of halogens is 3. The largest absolute Gasteiger partial charge is 0.416 e. The van der Waals surface area contributed by atoms with E-state index < -0.39 is 11.7 Å². The van der Waals surface area contributed by atoms with Crippen LogP contribution in [0.15, 0.2) is 42.6 Å². The van der Waals surface area contributed by atoms with E-state index in [2.05, 4.69) is 15.5 Å². The molecule has 1 amide bonds. The van der Waals surface area contributed by atoms with E-state index in [0.29, 0.717) is 30.8 Å². The van der Waals surface area contributed by atoms with Crippen LogP contribution in [0.2, 0.25) is 0 Å². The molecule has 0 radical (unpaired) electrons. The lowest BCUT2D eigenvalue weighted by atomic mass is 10.1. The molecule has 142 valence electrons. The molecule has 0 fully saturated rings. The number of amides is 1. The van der Waals surface area contributed by atoms with Gasteiger partial charge < -0.3 is 10.1 Å². The lowest BCUT2D eigenvalue weighted by Gasteiger charge is -2.09. The summed E-state index contributed by atoms with van der Waals surface area (Å²) in [6.45, 7) is 0.984. The Morgan fingerprint density at radius 3 is 2.78 bits per heavy atom. The SMILES string of the molecule is COCCCNC(=O)c1ccc2nnc(-c3cccc(C(F)(F)F)c3)n2c1. The van der Waals surface area contributed by atoms with Crippen LogP contribution in [0.1, 0.15) is 22.3 Å². The zero-order valence-electron chi connectivity index (χ0n) is 14.5. The fourth-order valence-corrected chi connectivity index (χ4v) is 2.58. The third-order valence-electron chi connectivity index (χ3n) is 3.92. The number of nitrogens with zero attached hydrogens (tertiary/aromatic N) is 3. The Morgan fingerprint density at radius 1 is 1.22 bits per heavy atom. The van der Waals surface area contributed by atoms with Gasteiger partial charge in [0.15, 0.2) is 11.5 Å². The van der Waals surface area contributed by atoms with E-state index in [9.17, 15) is 18.0 Å². The van der Waals surface area contributed by atoms with Crippen molar-refractivity contribution in [3.63, 3.8) is 0 Å². The Kier molecular flexibility index (Phi) is 5.41. The third kappa shape index (κ3) is 4.25. The summed E-state index contributed by atoms with van der Waals surface area (Å²) in [6.07, 6.45) is -2.27. The maximum absolute atomic E-state index is 13.0. The van der Waals surface area contributed by atoms with Gasteiger partial charge in [0.1, 0.15) is 0 Å². The highest BCUT2D eigenvalue weighted by atomic mass is 19.4. The van der Waals surface area contributed by atoms with Crippen molar-refractivity contribution in [1.82, 2.24) is 19.9 Å². The van der Waals surface area contributed by atoms with Gasteiger partial charge in [-0.2, -0.15) is 13.2 Å². The maximum Gasteiger partial charge on any atom is 0.416 e. The standard InChI is InChI=1S/C18H17F3N4O2/c1-27-9-3-8-22-17(26)13-6-7-15-23-24-16(25(15)11-13)12-4-2-5-14(10-12)18(19,20)21/h2,4-7,10-11H,3,8-9H2,1H3,(H,22,26). The Bertz CT molecular complexity index is 953. The number of alkyl halides is 3. The number of pyridine rings is 1. The van der Waals surface area contributed by atoms with Crippen molar-refractivity contribution < 1.29 is 22.7 Å². The Morgan fingerprint density at radius 2 is 2.04 bits per heavy atom. The molecule has 0 saturated heterocycles. The van der Waals surface area contributed by atoms with Gasteiger partial charge >= 0.3 is 6.18 Å². The molecule has 0 unspecified atom stereocenters. The van der Waals surface area contributed by atoms with E-state index >= 15 is 0 Å². The van der Waals surface area contributed by atoms with Crippen LogP contribution in [0.5, 0.6) is 0 Å². The molecule has 0 aliphatic carbocycles. The molecular weight excluding hydrogens is 361 g/mol. The first-order chi connectivity index (χ1) is 12.9. The minimum atomic E-state index is -4.45. The number of nitrogens with one attached hydrogen (secondary N) is 1. The van der Waals surface area contributed by atoms with Crippen LogP contribution in [-0.2, 0) is 10.9 Å². The van der Waals surface area contributed by atoms with E-state index in [0.717, 1.165) is 12.1 Å². The van der Waals surface area contributed by atoms with E-state index in [4.69, 9.17) is 4.74 Å². The Hall–Kier alpha value is -2.94. The highest BCUT2D eigenvalue weighted by molar-refractivity contribution is 5.94. The molecule has 0 atom stereocenters. The molecule has 1 N–H and O–H groups in total. The highest BCUT2D eigenvalue weighted by Crippen LogP contribution is 2.31. The van der Waals surface area contributed by atoms with Gasteiger partial charge in [-0.3, -0.25) is 9.20 Å². The minimum absolute atomic E-state index is 0.227. The summed E-state index contributed by atoms with van der Waals surface area (Å²) >= 11 is 0. The normalized spacial score (nSPS) is 11.7. The molecule has 0 bridgehead atoms. The molecule has 3 aromatic rings. The Balaban J connectivity index is 1.91. The van der Waals surface area contributed by atoms with Gasteiger partial charge in [-0.05, 0) is 30.7 Å². The van der Waals surface area contributed by atoms with Gasteiger partial charge in [0.2, 0.25) is 0 Å².